The second-order valence-electron chi connectivity index (χ2n) is 4.59. The Bertz CT molecular complexity index is 232. The second kappa shape index (κ2) is 2.76. The molecule has 0 radical (unpaired) electrons. The highest BCUT2D eigenvalue weighted by Gasteiger charge is 2.40. The quantitative estimate of drug-likeness (QED) is 0.583. The minimum absolute atomic E-state index is 0.782. The van der Waals surface area contributed by atoms with Crippen molar-refractivity contribution in [2.75, 3.05) is 0 Å². The molecule has 2 rings (SSSR count). The summed E-state index contributed by atoms with van der Waals surface area (Å²) in [6, 6.07) is 0. The molecule has 2 aliphatic carbocycles. The van der Waals surface area contributed by atoms with Gasteiger partial charge in [0, 0.05) is 0 Å². The molecule has 1 fully saturated rings. The number of fused-ring (bicyclic) bond motifs is 1. The maximum atomic E-state index is 2.37. The Morgan fingerprint density at radius 2 is 2.08 bits per heavy atom. The topological polar surface area (TPSA) is 0 Å². The van der Waals surface area contributed by atoms with E-state index < -0.39 is 0 Å². The van der Waals surface area contributed by atoms with Crippen LogP contribution >= 0.6 is 0 Å². The molecule has 0 aliphatic heterocycles. The summed E-state index contributed by atoms with van der Waals surface area (Å²) in [4.78, 5) is 0. The normalized spacial score (nSPS) is 34.5. The average molecular weight is 162 g/mol. The highest BCUT2D eigenvalue weighted by molar-refractivity contribution is 5.31. The number of rotatable bonds is 2. The Hall–Kier alpha value is -0.520. The second-order valence-corrected chi connectivity index (χ2v) is 4.59. The van der Waals surface area contributed by atoms with Gasteiger partial charge in [0.15, 0.2) is 0 Å². The molecule has 2 unspecified atom stereocenters. The highest BCUT2D eigenvalue weighted by Crippen LogP contribution is 2.50. The molecule has 2 aliphatic rings. The first-order valence-electron chi connectivity index (χ1n) is 5.08. The van der Waals surface area contributed by atoms with Crippen LogP contribution in [0.4, 0.5) is 0 Å². The van der Waals surface area contributed by atoms with Gasteiger partial charge >= 0.3 is 0 Å². The summed E-state index contributed by atoms with van der Waals surface area (Å²) in [5.41, 5.74) is 1.71. The van der Waals surface area contributed by atoms with Crippen LogP contribution in [0.5, 0.6) is 0 Å². The molecule has 0 heteroatoms. The predicted octanol–water partition coefficient (Wildman–Crippen LogP) is 3.41. The third-order valence-electron chi connectivity index (χ3n) is 3.44. The van der Waals surface area contributed by atoms with Crippen molar-refractivity contribution < 1.29 is 0 Å². The number of hydrogen-bond acceptors (Lipinski definition) is 0. The molecule has 0 aromatic rings. The van der Waals surface area contributed by atoms with Gasteiger partial charge in [-0.25, -0.2) is 0 Å². The van der Waals surface area contributed by atoms with Crippen molar-refractivity contribution in [1.29, 1.82) is 0 Å². The Labute approximate surface area is 75.4 Å². The molecule has 0 amide bonds. The molecule has 0 spiro atoms. The maximum Gasteiger partial charge on any atom is -0.0128 e. The first-order chi connectivity index (χ1) is 5.70. The monoisotopic (exact) mass is 162 g/mol. The average Bonchev–Trinajstić information content (AvgIpc) is 2.80. The lowest BCUT2D eigenvalue weighted by atomic mass is 9.85. The van der Waals surface area contributed by atoms with Crippen molar-refractivity contribution in [3.63, 3.8) is 0 Å². The van der Waals surface area contributed by atoms with Crippen LogP contribution in [0.1, 0.15) is 27.2 Å². The fraction of sp³-hybridized carbons (Fsp3) is 0.667. The van der Waals surface area contributed by atoms with Crippen molar-refractivity contribution >= 4 is 0 Å². The van der Waals surface area contributed by atoms with E-state index >= 15 is 0 Å². The molecule has 0 nitrogen and oxygen atoms in total. The SMILES string of the molecule is CC(C)[C@@H](C)C1=CC=CC2CC12. The summed E-state index contributed by atoms with van der Waals surface area (Å²) >= 11 is 0. The molecule has 1 saturated carbocycles. The molecule has 0 aromatic heterocycles. The van der Waals surface area contributed by atoms with E-state index in [-0.39, 0.29) is 0 Å². The van der Waals surface area contributed by atoms with Crippen LogP contribution < -0.4 is 0 Å². The lowest BCUT2D eigenvalue weighted by molar-refractivity contribution is 0.458. The van der Waals surface area contributed by atoms with Crippen molar-refractivity contribution in [1.82, 2.24) is 0 Å². The van der Waals surface area contributed by atoms with Crippen LogP contribution in [-0.4, -0.2) is 0 Å². The van der Waals surface area contributed by atoms with E-state index in [1.807, 2.05) is 0 Å². The van der Waals surface area contributed by atoms with Gasteiger partial charge in [-0.2, -0.15) is 0 Å². The zero-order valence-corrected chi connectivity index (χ0v) is 8.25. The van der Waals surface area contributed by atoms with Gasteiger partial charge in [0.25, 0.3) is 0 Å². The molecular weight excluding hydrogens is 144 g/mol. The molecule has 66 valence electrons. The first kappa shape index (κ1) is 8.10. The van der Waals surface area contributed by atoms with Gasteiger partial charge in [-0.3, -0.25) is 0 Å². The zero-order valence-electron chi connectivity index (χ0n) is 8.25. The summed E-state index contributed by atoms with van der Waals surface area (Å²) in [5, 5.41) is 0. The van der Waals surface area contributed by atoms with Gasteiger partial charge in [-0.05, 0) is 30.1 Å². The van der Waals surface area contributed by atoms with Gasteiger partial charge in [-0.15, -0.1) is 0 Å². The van der Waals surface area contributed by atoms with E-state index in [1.165, 1.54) is 6.42 Å². The fourth-order valence-electron chi connectivity index (χ4n) is 2.12. The lowest BCUT2D eigenvalue weighted by Gasteiger charge is -2.20. The first-order valence-corrected chi connectivity index (χ1v) is 5.08. The van der Waals surface area contributed by atoms with Crippen LogP contribution in [0, 0.1) is 23.7 Å². The van der Waals surface area contributed by atoms with Crippen molar-refractivity contribution in [2.45, 2.75) is 27.2 Å². The Morgan fingerprint density at radius 1 is 1.33 bits per heavy atom. The Kier molecular flexibility index (Phi) is 1.86. The minimum atomic E-state index is 0.782. The summed E-state index contributed by atoms with van der Waals surface area (Å²) in [7, 11) is 0. The van der Waals surface area contributed by atoms with Crippen molar-refractivity contribution in [3.8, 4) is 0 Å². The number of hydrogen-bond donors (Lipinski definition) is 0. The van der Waals surface area contributed by atoms with E-state index in [4.69, 9.17) is 0 Å². The smallest absolute Gasteiger partial charge is 0.0128 e. The molecule has 0 heterocycles. The summed E-state index contributed by atoms with van der Waals surface area (Å²) in [6.45, 7) is 7.01. The van der Waals surface area contributed by atoms with Crippen molar-refractivity contribution in [3.05, 3.63) is 23.8 Å². The van der Waals surface area contributed by atoms with Crippen LogP contribution in [0.3, 0.4) is 0 Å². The standard InChI is InChI=1S/C12H18/c1-8(2)9(3)11-6-4-5-10-7-12(10)11/h4-6,8-10,12H,7H2,1-3H3/t9-,10?,12?/m1/s1. The van der Waals surface area contributed by atoms with E-state index in [0.717, 1.165) is 23.7 Å². The van der Waals surface area contributed by atoms with Gasteiger partial charge in [0.05, 0.1) is 0 Å². The molecule has 12 heavy (non-hydrogen) atoms. The largest absolute Gasteiger partial charge is 0.0808 e. The molecular formula is C12H18. The van der Waals surface area contributed by atoms with Crippen LogP contribution in [-0.2, 0) is 0 Å². The van der Waals surface area contributed by atoms with E-state index in [1.54, 1.807) is 5.57 Å². The minimum Gasteiger partial charge on any atom is -0.0808 e. The van der Waals surface area contributed by atoms with Crippen LogP contribution in [0.15, 0.2) is 23.8 Å². The molecule has 0 saturated heterocycles. The molecule has 0 bridgehead atoms. The summed E-state index contributed by atoms with van der Waals surface area (Å²) in [5.74, 6) is 3.41. The Balaban J connectivity index is 2.12. The van der Waals surface area contributed by atoms with E-state index in [0.29, 0.717) is 0 Å². The fourth-order valence-corrected chi connectivity index (χ4v) is 2.12. The third-order valence-corrected chi connectivity index (χ3v) is 3.44. The van der Waals surface area contributed by atoms with Crippen molar-refractivity contribution in [2.24, 2.45) is 23.7 Å². The van der Waals surface area contributed by atoms with E-state index in [9.17, 15) is 0 Å². The zero-order chi connectivity index (χ0) is 8.72. The van der Waals surface area contributed by atoms with Gasteiger partial charge in [0.2, 0.25) is 0 Å². The van der Waals surface area contributed by atoms with Gasteiger partial charge in [0.1, 0.15) is 0 Å². The third kappa shape index (κ3) is 1.24. The predicted molar refractivity (Wildman–Crippen MR) is 52.8 cm³/mol. The summed E-state index contributed by atoms with van der Waals surface area (Å²) < 4.78 is 0. The molecule has 0 N–H and O–H groups in total. The van der Waals surface area contributed by atoms with Gasteiger partial charge in [-0.1, -0.05) is 44.6 Å². The highest BCUT2D eigenvalue weighted by atomic mass is 14.4. The maximum absolute atomic E-state index is 2.37. The van der Waals surface area contributed by atoms with Gasteiger partial charge < -0.3 is 0 Å². The molecule has 3 atom stereocenters. The Morgan fingerprint density at radius 3 is 2.75 bits per heavy atom. The van der Waals surface area contributed by atoms with Crippen LogP contribution in [0.2, 0.25) is 0 Å². The van der Waals surface area contributed by atoms with E-state index in [2.05, 4.69) is 39.0 Å². The lowest BCUT2D eigenvalue weighted by Crippen LogP contribution is -2.10. The molecule has 0 aromatic carbocycles. The summed E-state index contributed by atoms with van der Waals surface area (Å²) in [6.07, 6.45) is 8.38. The number of allylic oxidation sites excluding steroid dienone is 4. The van der Waals surface area contributed by atoms with Crippen LogP contribution in [0.25, 0.3) is 0 Å².